The number of benzene rings is 3. The Bertz CT molecular complexity index is 1520. The van der Waals surface area contributed by atoms with Crippen molar-refractivity contribution in [3.8, 4) is 11.6 Å². The number of carbonyl (C=O) groups excluding carboxylic acids is 1. The average molecular weight is 555 g/mol. The van der Waals surface area contributed by atoms with E-state index in [1.807, 2.05) is 0 Å². The van der Waals surface area contributed by atoms with Gasteiger partial charge in [0.1, 0.15) is 12.4 Å². The number of aromatic nitrogens is 2. The van der Waals surface area contributed by atoms with E-state index in [0.717, 1.165) is 5.56 Å². The van der Waals surface area contributed by atoms with Crippen LogP contribution in [-0.4, -0.2) is 31.2 Å². The molecule has 4 rings (SSSR count). The van der Waals surface area contributed by atoms with E-state index in [2.05, 4.69) is 15.1 Å². The highest BCUT2D eigenvalue weighted by atomic mass is 35.5. The normalized spacial score (nSPS) is 11.2. The molecule has 4 aromatic rings. The molecule has 0 radical (unpaired) electrons. The summed E-state index contributed by atoms with van der Waals surface area (Å²) in [6.07, 6.45) is 1.77. The summed E-state index contributed by atoms with van der Waals surface area (Å²) in [4.78, 5) is 12.7. The van der Waals surface area contributed by atoms with E-state index in [0.29, 0.717) is 33.5 Å². The summed E-state index contributed by atoms with van der Waals surface area (Å²) in [5.41, 5.74) is 2.15. The smallest absolute Gasteiger partial charge is 0.241 e. The molecule has 38 heavy (non-hydrogen) atoms. The van der Waals surface area contributed by atoms with Crippen LogP contribution in [0.4, 0.5) is 5.69 Å². The molecule has 1 amide bonds. The van der Waals surface area contributed by atoms with Gasteiger partial charge in [-0.25, -0.2) is 13.1 Å². The van der Waals surface area contributed by atoms with Crippen LogP contribution in [0, 0.1) is 0 Å². The van der Waals surface area contributed by atoms with Gasteiger partial charge in [-0.15, -0.1) is 5.10 Å². The summed E-state index contributed by atoms with van der Waals surface area (Å²) in [5, 5.41) is 7.41. The van der Waals surface area contributed by atoms with Gasteiger partial charge >= 0.3 is 0 Å². The van der Waals surface area contributed by atoms with E-state index in [-0.39, 0.29) is 30.4 Å². The lowest BCUT2D eigenvalue weighted by molar-refractivity contribution is -0.115. The maximum atomic E-state index is 13.4. The molecule has 0 aliphatic carbocycles. The van der Waals surface area contributed by atoms with Crippen molar-refractivity contribution in [2.75, 3.05) is 12.4 Å². The fourth-order valence-corrected chi connectivity index (χ4v) is 5.11. The standard InChI is InChI=1S/C27H27ClN4O5S/c1-32-14-13-27(31-32)37-18-21-9-10-22(30-26(33)15-20-5-3-4-6-24(20)28)16-25(21)38(34,35)29-17-19-7-11-23(36-2)12-8-19/h3-14,16,29H,15,17-18H2,1-2H3,(H,30,33). The third-order valence-electron chi connectivity index (χ3n) is 5.64. The summed E-state index contributed by atoms with van der Waals surface area (Å²) in [6.45, 7) is 0.0274. The molecule has 0 bridgehead atoms. The van der Waals surface area contributed by atoms with Gasteiger partial charge in [0.15, 0.2) is 0 Å². The molecule has 2 N–H and O–H groups in total. The number of rotatable bonds is 11. The zero-order valence-electron chi connectivity index (χ0n) is 20.8. The number of nitrogens with one attached hydrogen (secondary N) is 2. The number of anilines is 1. The van der Waals surface area contributed by atoms with Crippen molar-refractivity contribution in [2.24, 2.45) is 7.05 Å². The lowest BCUT2D eigenvalue weighted by atomic mass is 10.1. The second-order valence-electron chi connectivity index (χ2n) is 8.43. The van der Waals surface area contributed by atoms with E-state index >= 15 is 0 Å². The van der Waals surface area contributed by atoms with Crippen molar-refractivity contribution in [3.63, 3.8) is 0 Å². The first-order chi connectivity index (χ1) is 18.2. The molecule has 0 saturated heterocycles. The molecule has 11 heteroatoms. The highest BCUT2D eigenvalue weighted by Crippen LogP contribution is 2.24. The Morgan fingerprint density at radius 3 is 2.47 bits per heavy atom. The van der Waals surface area contributed by atoms with Crippen LogP contribution in [0.3, 0.4) is 0 Å². The monoisotopic (exact) mass is 554 g/mol. The number of ether oxygens (including phenoxy) is 2. The molecule has 0 aliphatic rings. The van der Waals surface area contributed by atoms with Crippen molar-refractivity contribution in [3.05, 3.63) is 101 Å². The lowest BCUT2D eigenvalue weighted by Crippen LogP contribution is -2.25. The Kier molecular flexibility index (Phi) is 8.67. The predicted octanol–water partition coefficient (Wildman–Crippen LogP) is 4.32. The van der Waals surface area contributed by atoms with Crippen LogP contribution in [0.2, 0.25) is 5.02 Å². The number of sulfonamides is 1. The van der Waals surface area contributed by atoms with Crippen LogP contribution in [0.1, 0.15) is 16.7 Å². The Labute approximate surface area is 226 Å². The van der Waals surface area contributed by atoms with Crippen LogP contribution < -0.4 is 19.5 Å². The van der Waals surface area contributed by atoms with Crippen molar-refractivity contribution in [2.45, 2.75) is 24.5 Å². The van der Waals surface area contributed by atoms with E-state index in [9.17, 15) is 13.2 Å². The molecule has 1 heterocycles. The number of methoxy groups -OCH3 is 1. The van der Waals surface area contributed by atoms with Crippen molar-refractivity contribution in [1.82, 2.24) is 14.5 Å². The van der Waals surface area contributed by atoms with Gasteiger partial charge in [-0.3, -0.25) is 9.48 Å². The third-order valence-corrected chi connectivity index (χ3v) is 7.49. The molecule has 0 fully saturated rings. The molecule has 0 spiro atoms. The molecular weight excluding hydrogens is 528 g/mol. The number of hydrogen-bond donors (Lipinski definition) is 2. The van der Waals surface area contributed by atoms with Crippen LogP contribution >= 0.6 is 11.6 Å². The Hall–Kier alpha value is -3.86. The zero-order chi connectivity index (χ0) is 27.1. The summed E-state index contributed by atoms with van der Waals surface area (Å²) < 4.78 is 41.9. The average Bonchev–Trinajstić information content (AvgIpc) is 3.33. The minimum Gasteiger partial charge on any atom is -0.497 e. The largest absolute Gasteiger partial charge is 0.497 e. The highest BCUT2D eigenvalue weighted by molar-refractivity contribution is 7.89. The minimum atomic E-state index is -3.99. The van der Waals surface area contributed by atoms with Crippen LogP contribution in [0.15, 0.2) is 83.9 Å². The van der Waals surface area contributed by atoms with Gasteiger partial charge in [-0.05, 0) is 41.5 Å². The summed E-state index contributed by atoms with van der Waals surface area (Å²) in [7, 11) is -0.669. The van der Waals surface area contributed by atoms with Gasteiger partial charge in [-0.2, -0.15) is 0 Å². The highest BCUT2D eigenvalue weighted by Gasteiger charge is 2.21. The second kappa shape index (κ2) is 12.1. The molecule has 0 unspecified atom stereocenters. The van der Waals surface area contributed by atoms with Crippen molar-refractivity contribution < 1.29 is 22.7 Å². The van der Waals surface area contributed by atoms with Crippen LogP contribution in [-0.2, 0) is 41.4 Å². The van der Waals surface area contributed by atoms with Crippen molar-refractivity contribution >= 4 is 33.2 Å². The minimum absolute atomic E-state index is 0.0162. The molecule has 0 atom stereocenters. The quantitative estimate of drug-likeness (QED) is 0.286. The number of aryl methyl sites for hydroxylation is 1. The second-order valence-corrected chi connectivity index (χ2v) is 10.6. The molecule has 198 valence electrons. The Morgan fingerprint density at radius 2 is 1.79 bits per heavy atom. The van der Waals surface area contributed by atoms with Gasteiger partial charge in [0.2, 0.25) is 21.8 Å². The van der Waals surface area contributed by atoms with E-state index < -0.39 is 10.0 Å². The van der Waals surface area contributed by atoms with E-state index in [4.69, 9.17) is 21.1 Å². The maximum Gasteiger partial charge on any atom is 0.241 e. The zero-order valence-corrected chi connectivity index (χ0v) is 22.4. The number of halogens is 1. The molecule has 9 nitrogen and oxygen atoms in total. The van der Waals surface area contributed by atoms with Gasteiger partial charge in [0.05, 0.1) is 18.4 Å². The maximum absolute atomic E-state index is 13.4. The first-order valence-corrected chi connectivity index (χ1v) is 13.5. The fraction of sp³-hybridized carbons (Fsp3) is 0.185. The van der Waals surface area contributed by atoms with Gasteiger partial charge in [0, 0.05) is 42.1 Å². The number of carbonyl (C=O) groups is 1. The molecular formula is C27H27ClN4O5S. The first-order valence-electron chi connectivity index (χ1n) is 11.6. The summed E-state index contributed by atoms with van der Waals surface area (Å²) in [6, 6.07) is 20.4. The Balaban J connectivity index is 1.55. The van der Waals surface area contributed by atoms with Crippen LogP contribution in [0.25, 0.3) is 0 Å². The summed E-state index contributed by atoms with van der Waals surface area (Å²) >= 11 is 6.17. The van der Waals surface area contributed by atoms with Crippen molar-refractivity contribution in [1.29, 1.82) is 0 Å². The Morgan fingerprint density at radius 1 is 1.03 bits per heavy atom. The molecule has 1 aromatic heterocycles. The van der Waals surface area contributed by atoms with E-state index in [1.165, 1.54) is 6.07 Å². The molecule has 3 aromatic carbocycles. The third kappa shape index (κ3) is 7.12. The van der Waals surface area contributed by atoms with E-state index in [1.54, 1.807) is 91.8 Å². The fourth-order valence-electron chi connectivity index (χ4n) is 3.64. The number of amides is 1. The van der Waals surface area contributed by atoms with Gasteiger partial charge < -0.3 is 14.8 Å². The first kappa shape index (κ1) is 27.2. The number of hydrogen-bond acceptors (Lipinski definition) is 6. The predicted molar refractivity (Wildman–Crippen MR) is 145 cm³/mol. The molecule has 0 saturated carbocycles. The van der Waals surface area contributed by atoms with Gasteiger partial charge in [-0.1, -0.05) is 48.0 Å². The lowest BCUT2D eigenvalue weighted by Gasteiger charge is -2.15. The SMILES string of the molecule is COc1ccc(CNS(=O)(=O)c2cc(NC(=O)Cc3ccccc3Cl)ccc2COc2ccn(C)n2)cc1. The van der Waals surface area contributed by atoms with Gasteiger partial charge in [0.25, 0.3) is 0 Å². The molecule has 0 aliphatic heterocycles. The summed E-state index contributed by atoms with van der Waals surface area (Å²) in [5.74, 6) is 0.704. The number of nitrogens with zero attached hydrogens (tertiary/aromatic N) is 2. The van der Waals surface area contributed by atoms with Crippen LogP contribution in [0.5, 0.6) is 11.6 Å². The topological polar surface area (TPSA) is 112 Å².